The summed E-state index contributed by atoms with van der Waals surface area (Å²) < 4.78 is 5.83. The quantitative estimate of drug-likeness (QED) is 0.0321. The number of nitrogens with one attached hydrogen (secondary N) is 1. The van der Waals surface area contributed by atoms with Crippen molar-refractivity contribution in [3.8, 4) is 0 Å². The molecule has 0 bridgehead atoms. The van der Waals surface area contributed by atoms with Gasteiger partial charge in [-0.05, 0) is 83.1 Å². The molecule has 374 valence electrons. The summed E-state index contributed by atoms with van der Waals surface area (Å²) in [6, 6.07) is -0.748. The van der Waals surface area contributed by atoms with Gasteiger partial charge in [0.1, 0.15) is 6.10 Å². The number of rotatable bonds is 48. The van der Waals surface area contributed by atoms with Crippen molar-refractivity contribution in [1.82, 2.24) is 5.32 Å². The lowest BCUT2D eigenvalue weighted by Crippen LogP contribution is -2.46. The monoisotopic (exact) mass is 906 g/mol. The zero-order chi connectivity index (χ0) is 47.4. The number of carbonyl (C=O) groups excluding carboxylic acids is 2. The van der Waals surface area contributed by atoms with Gasteiger partial charge in [-0.1, -0.05) is 241 Å². The number of amides is 1. The molecule has 0 aliphatic rings. The number of hydrogen-bond donors (Lipinski definition) is 3. The SMILES string of the molecule is CC/C=C\C/C=C\C/C=C\C/C=C\C/C=C\C/C=C\C(CC(=O)NC(CO)C(O)CCCCCCCCCCCCC)OC(=O)CCCCCCC/C=C/CCCCCCCCCCC. The van der Waals surface area contributed by atoms with Gasteiger partial charge in [0.25, 0.3) is 0 Å². The minimum absolute atomic E-state index is 0.0534. The first-order valence-electron chi connectivity index (χ1n) is 27.3. The van der Waals surface area contributed by atoms with Gasteiger partial charge in [0.05, 0.1) is 25.2 Å². The summed E-state index contributed by atoms with van der Waals surface area (Å²) in [5.74, 6) is -0.640. The molecule has 0 aromatic heterocycles. The minimum atomic E-state index is -0.824. The van der Waals surface area contributed by atoms with Crippen molar-refractivity contribution in [2.75, 3.05) is 6.61 Å². The highest BCUT2D eigenvalue weighted by molar-refractivity contribution is 5.78. The van der Waals surface area contributed by atoms with E-state index in [2.05, 4.69) is 99.0 Å². The van der Waals surface area contributed by atoms with Crippen molar-refractivity contribution >= 4 is 11.9 Å². The van der Waals surface area contributed by atoms with Crippen LogP contribution in [0.3, 0.4) is 0 Å². The second-order valence-corrected chi connectivity index (χ2v) is 18.2. The fraction of sp³-hybridized carbons (Fsp3) is 0.729. The average Bonchev–Trinajstić information content (AvgIpc) is 3.30. The van der Waals surface area contributed by atoms with E-state index in [1.54, 1.807) is 6.08 Å². The first-order valence-corrected chi connectivity index (χ1v) is 27.3. The molecular formula is C59H103NO5. The third-order valence-electron chi connectivity index (χ3n) is 12.0. The lowest BCUT2D eigenvalue weighted by molar-refractivity contribution is -0.148. The average molecular weight is 906 g/mol. The minimum Gasteiger partial charge on any atom is -0.458 e. The van der Waals surface area contributed by atoms with Crippen molar-refractivity contribution in [1.29, 1.82) is 0 Å². The van der Waals surface area contributed by atoms with Crippen molar-refractivity contribution < 1.29 is 24.5 Å². The molecule has 0 saturated carbocycles. The van der Waals surface area contributed by atoms with Crippen LogP contribution in [0.2, 0.25) is 0 Å². The van der Waals surface area contributed by atoms with E-state index in [1.165, 1.54) is 122 Å². The highest BCUT2D eigenvalue weighted by Gasteiger charge is 2.23. The molecule has 0 rings (SSSR count). The van der Waals surface area contributed by atoms with Crippen LogP contribution in [0, 0.1) is 0 Å². The Labute approximate surface area is 402 Å². The molecule has 1 amide bonds. The Balaban J connectivity index is 4.75. The molecule has 3 unspecified atom stereocenters. The van der Waals surface area contributed by atoms with Gasteiger partial charge in [-0.2, -0.15) is 0 Å². The number of esters is 1. The summed E-state index contributed by atoms with van der Waals surface area (Å²) >= 11 is 0. The molecule has 0 fully saturated rings. The van der Waals surface area contributed by atoms with Gasteiger partial charge in [-0.15, -0.1) is 0 Å². The van der Waals surface area contributed by atoms with Crippen molar-refractivity contribution in [2.24, 2.45) is 0 Å². The molecule has 0 radical (unpaired) electrons. The number of hydrogen-bond acceptors (Lipinski definition) is 5. The highest BCUT2D eigenvalue weighted by Crippen LogP contribution is 2.16. The van der Waals surface area contributed by atoms with E-state index in [4.69, 9.17) is 4.74 Å². The first kappa shape index (κ1) is 62.0. The van der Waals surface area contributed by atoms with E-state index in [1.807, 2.05) is 6.08 Å². The lowest BCUT2D eigenvalue weighted by atomic mass is 10.0. The van der Waals surface area contributed by atoms with Crippen LogP contribution in [0.5, 0.6) is 0 Å². The number of ether oxygens (including phenoxy) is 1. The molecular weight excluding hydrogens is 803 g/mol. The van der Waals surface area contributed by atoms with E-state index in [-0.39, 0.29) is 24.9 Å². The van der Waals surface area contributed by atoms with Crippen molar-refractivity contribution in [2.45, 2.75) is 270 Å². The molecule has 0 aliphatic heterocycles. The fourth-order valence-electron chi connectivity index (χ4n) is 7.83. The second kappa shape index (κ2) is 52.0. The standard InChI is InChI=1S/C59H103NO5/c1-4-7-10-13-16-19-22-24-26-28-30-32-34-37-40-43-46-49-52-59(64)65-55(50-47-44-41-38-36-33-31-29-27-25-23-20-17-14-11-8-5-2)53-58(63)60-56(54-61)57(62)51-48-45-42-39-35-21-18-15-12-9-6-3/h8,11,17,20,25,27,30-33,38,41,47,50,55-57,61-62H,4-7,9-10,12-16,18-19,21-24,26,28-29,34-37,39-40,42-46,48-49,51-54H2,1-3H3,(H,60,63)/b11-8-,20-17-,27-25-,32-30+,33-31-,41-38-,50-47-. The lowest BCUT2D eigenvalue weighted by Gasteiger charge is -2.23. The van der Waals surface area contributed by atoms with Crippen LogP contribution in [0.4, 0.5) is 0 Å². The largest absolute Gasteiger partial charge is 0.458 e. The highest BCUT2D eigenvalue weighted by atomic mass is 16.5. The van der Waals surface area contributed by atoms with Crippen molar-refractivity contribution in [3.05, 3.63) is 85.1 Å². The van der Waals surface area contributed by atoms with E-state index in [9.17, 15) is 19.8 Å². The van der Waals surface area contributed by atoms with Crippen molar-refractivity contribution in [3.63, 3.8) is 0 Å². The maximum atomic E-state index is 13.2. The first-order chi connectivity index (χ1) is 32.0. The molecule has 65 heavy (non-hydrogen) atoms. The van der Waals surface area contributed by atoms with Gasteiger partial charge >= 0.3 is 5.97 Å². The molecule has 6 heteroatoms. The van der Waals surface area contributed by atoms with Gasteiger partial charge in [-0.3, -0.25) is 9.59 Å². The normalized spacial score (nSPS) is 13.9. The summed E-state index contributed by atoms with van der Waals surface area (Å²) in [6.07, 6.45) is 68.2. The Kier molecular flexibility index (Phi) is 49.6. The predicted molar refractivity (Wildman–Crippen MR) is 282 cm³/mol. The zero-order valence-electron chi connectivity index (χ0n) is 42.6. The van der Waals surface area contributed by atoms with Gasteiger partial charge < -0.3 is 20.3 Å². The van der Waals surface area contributed by atoms with Gasteiger partial charge in [0.2, 0.25) is 5.91 Å². The van der Waals surface area contributed by atoms with E-state index in [0.717, 1.165) is 83.5 Å². The number of allylic oxidation sites excluding steroid dienone is 13. The van der Waals surface area contributed by atoms with Crippen LogP contribution in [-0.4, -0.2) is 46.9 Å². The van der Waals surface area contributed by atoms with Crippen LogP contribution in [0.25, 0.3) is 0 Å². The summed E-state index contributed by atoms with van der Waals surface area (Å²) in [7, 11) is 0. The summed E-state index contributed by atoms with van der Waals surface area (Å²) in [6.45, 7) is 6.33. The van der Waals surface area contributed by atoms with E-state index in [0.29, 0.717) is 19.3 Å². The van der Waals surface area contributed by atoms with Gasteiger partial charge in [-0.25, -0.2) is 0 Å². The maximum absolute atomic E-state index is 13.2. The number of aliphatic hydroxyl groups is 2. The predicted octanol–water partition coefficient (Wildman–Crippen LogP) is 16.7. The smallest absolute Gasteiger partial charge is 0.306 e. The van der Waals surface area contributed by atoms with Crippen LogP contribution in [0.15, 0.2) is 85.1 Å². The Morgan fingerprint density at radius 3 is 1.29 bits per heavy atom. The molecule has 3 atom stereocenters. The maximum Gasteiger partial charge on any atom is 0.306 e. The third kappa shape index (κ3) is 47.3. The summed E-state index contributed by atoms with van der Waals surface area (Å²) in [5, 5.41) is 23.7. The third-order valence-corrected chi connectivity index (χ3v) is 12.0. The number of unbranched alkanes of at least 4 members (excludes halogenated alkanes) is 24. The number of carbonyl (C=O) groups is 2. The Morgan fingerprint density at radius 1 is 0.477 bits per heavy atom. The molecule has 6 nitrogen and oxygen atoms in total. The molecule has 0 aromatic rings. The summed E-state index contributed by atoms with van der Waals surface area (Å²) in [4.78, 5) is 26.1. The molecule has 0 spiro atoms. The van der Waals surface area contributed by atoms with Crippen LogP contribution < -0.4 is 5.32 Å². The topological polar surface area (TPSA) is 95.9 Å². The fourth-order valence-corrected chi connectivity index (χ4v) is 7.83. The zero-order valence-corrected chi connectivity index (χ0v) is 42.6. The van der Waals surface area contributed by atoms with Crippen LogP contribution in [0.1, 0.15) is 252 Å². The van der Waals surface area contributed by atoms with Crippen LogP contribution in [-0.2, 0) is 14.3 Å². The Bertz CT molecular complexity index is 1250. The van der Waals surface area contributed by atoms with Gasteiger partial charge in [0.15, 0.2) is 0 Å². The molecule has 0 saturated heterocycles. The molecule has 3 N–H and O–H groups in total. The molecule has 0 heterocycles. The van der Waals surface area contributed by atoms with Crippen LogP contribution >= 0.6 is 0 Å². The number of aliphatic hydroxyl groups excluding tert-OH is 2. The molecule has 0 aromatic carbocycles. The second-order valence-electron chi connectivity index (χ2n) is 18.2. The summed E-state index contributed by atoms with van der Waals surface area (Å²) in [5.41, 5.74) is 0. The van der Waals surface area contributed by atoms with Gasteiger partial charge in [0, 0.05) is 6.42 Å². The van der Waals surface area contributed by atoms with E-state index < -0.39 is 18.2 Å². The Morgan fingerprint density at radius 2 is 0.862 bits per heavy atom. The Hall–Kier alpha value is -2.96. The molecule has 0 aliphatic carbocycles. The van der Waals surface area contributed by atoms with E-state index >= 15 is 0 Å².